The number of nitrogens with one attached hydrogen (secondary N) is 1. The van der Waals surface area contributed by atoms with Crippen molar-refractivity contribution >= 4 is 56.2 Å². The number of hydrogen-bond donors (Lipinski definition) is 2. The van der Waals surface area contributed by atoms with Crippen molar-refractivity contribution in [2.24, 2.45) is 0 Å². The van der Waals surface area contributed by atoms with Crippen molar-refractivity contribution in [2.75, 3.05) is 10.5 Å². The average Bonchev–Trinajstić information content (AvgIpc) is 2.37. The predicted molar refractivity (Wildman–Crippen MR) is 78.7 cm³/mol. The molecule has 0 saturated carbocycles. The summed E-state index contributed by atoms with van der Waals surface area (Å²) in [5.41, 5.74) is 5.60. The van der Waals surface area contributed by atoms with Crippen molar-refractivity contribution < 1.29 is 8.42 Å². The smallest absolute Gasteiger partial charge is 0.262 e. The first kappa shape index (κ1) is 15.1. The van der Waals surface area contributed by atoms with Gasteiger partial charge in [0.2, 0.25) is 0 Å². The second-order valence-corrected chi connectivity index (χ2v) is 6.42. The molecule has 1 aromatic heterocycles. The molecule has 0 bridgehead atoms. The Balaban J connectivity index is 2.43. The van der Waals surface area contributed by atoms with Gasteiger partial charge in [-0.3, -0.25) is 4.72 Å². The van der Waals surface area contributed by atoms with E-state index in [-0.39, 0.29) is 31.6 Å². The van der Waals surface area contributed by atoms with Gasteiger partial charge in [0.15, 0.2) is 10.3 Å². The Morgan fingerprint density at radius 2 is 1.70 bits per heavy atom. The number of rotatable bonds is 3. The number of nitrogens with zero attached hydrogens (tertiary/aromatic N) is 2. The van der Waals surface area contributed by atoms with Gasteiger partial charge in [0, 0.05) is 0 Å². The molecule has 3 N–H and O–H groups in total. The van der Waals surface area contributed by atoms with E-state index in [9.17, 15) is 8.42 Å². The number of aromatic nitrogens is 2. The van der Waals surface area contributed by atoms with Crippen LogP contribution in [0.4, 0.5) is 11.4 Å². The van der Waals surface area contributed by atoms with Crippen LogP contribution in [0.5, 0.6) is 0 Å². The predicted octanol–water partition coefficient (Wildman–Crippen LogP) is 2.82. The molecule has 2 rings (SSSR count). The summed E-state index contributed by atoms with van der Waals surface area (Å²) in [7, 11) is -3.94. The zero-order valence-electron chi connectivity index (χ0n) is 9.64. The molecule has 6 nitrogen and oxygen atoms in total. The molecule has 0 aliphatic heterocycles. The van der Waals surface area contributed by atoms with Crippen LogP contribution in [-0.4, -0.2) is 18.4 Å². The summed E-state index contributed by atoms with van der Waals surface area (Å²) in [6, 6.07) is 3.89. The van der Waals surface area contributed by atoms with Gasteiger partial charge in [0.05, 0.1) is 15.6 Å². The zero-order valence-corrected chi connectivity index (χ0v) is 12.7. The molecular weight excluding hydrogens is 347 g/mol. The maximum Gasteiger partial charge on any atom is 0.262 e. The van der Waals surface area contributed by atoms with Gasteiger partial charge in [-0.05, 0) is 18.2 Å². The molecule has 1 heterocycles. The lowest BCUT2D eigenvalue weighted by Gasteiger charge is -2.10. The van der Waals surface area contributed by atoms with Crippen molar-refractivity contribution in [3.8, 4) is 0 Å². The van der Waals surface area contributed by atoms with Gasteiger partial charge in [-0.1, -0.05) is 34.8 Å². The van der Waals surface area contributed by atoms with Gasteiger partial charge in [0.1, 0.15) is 12.0 Å². The summed E-state index contributed by atoms with van der Waals surface area (Å²) in [4.78, 5) is 7.21. The number of anilines is 2. The fourth-order valence-corrected chi connectivity index (χ4v) is 3.06. The first-order chi connectivity index (χ1) is 9.31. The van der Waals surface area contributed by atoms with Gasteiger partial charge in [-0.25, -0.2) is 18.4 Å². The SMILES string of the molecule is Nc1cc(S(=O)(=O)Nc2c(Cl)ncnc2Cl)ccc1Cl. The van der Waals surface area contributed by atoms with Crippen LogP contribution in [-0.2, 0) is 10.0 Å². The number of sulfonamides is 1. The lowest BCUT2D eigenvalue weighted by Crippen LogP contribution is -2.14. The monoisotopic (exact) mass is 352 g/mol. The minimum atomic E-state index is -3.94. The van der Waals surface area contributed by atoms with E-state index in [2.05, 4.69) is 14.7 Å². The first-order valence-electron chi connectivity index (χ1n) is 5.05. The van der Waals surface area contributed by atoms with Crippen molar-refractivity contribution in [1.82, 2.24) is 9.97 Å². The molecule has 1 aromatic carbocycles. The lowest BCUT2D eigenvalue weighted by molar-refractivity contribution is 0.601. The molecule has 20 heavy (non-hydrogen) atoms. The largest absolute Gasteiger partial charge is 0.397 e. The van der Waals surface area contributed by atoms with Crippen molar-refractivity contribution in [3.63, 3.8) is 0 Å². The number of benzene rings is 1. The molecule has 0 spiro atoms. The van der Waals surface area contributed by atoms with E-state index in [4.69, 9.17) is 40.5 Å². The summed E-state index contributed by atoms with van der Waals surface area (Å²) in [6.45, 7) is 0. The maximum absolute atomic E-state index is 12.2. The molecule has 0 unspecified atom stereocenters. The Morgan fingerprint density at radius 1 is 1.10 bits per heavy atom. The Bertz CT molecular complexity index is 747. The highest BCUT2D eigenvalue weighted by Gasteiger charge is 2.19. The van der Waals surface area contributed by atoms with Crippen LogP contribution >= 0.6 is 34.8 Å². The van der Waals surface area contributed by atoms with Crippen LogP contribution in [0.2, 0.25) is 15.3 Å². The fraction of sp³-hybridized carbons (Fsp3) is 0. The average molecular weight is 354 g/mol. The molecule has 2 aromatic rings. The van der Waals surface area contributed by atoms with Gasteiger partial charge in [-0.2, -0.15) is 0 Å². The van der Waals surface area contributed by atoms with E-state index in [1.807, 2.05) is 0 Å². The molecule has 10 heteroatoms. The lowest BCUT2D eigenvalue weighted by atomic mass is 10.3. The minimum absolute atomic E-state index is 0.0876. The van der Waals surface area contributed by atoms with Crippen LogP contribution in [0, 0.1) is 0 Å². The number of nitrogens with two attached hydrogens (primary N) is 1. The van der Waals surface area contributed by atoms with Gasteiger partial charge in [0.25, 0.3) is 10.0 Å². The molecule has 0 fully saturated rings. The molecule has 0 aliphatic rings. The zero-order chi connectivity index (χ0) is 14.9. The van der Waals surface area contributed by atoms with E-state index in [0.717, 1.165) is 6.33 Å². The van der Waals surface area contributed by atoms with E-state index in [0.29, 0.717) is 0 Å². The number of nitrogen functional groups attached to an aromatic ring is 1. The van der Waals surface area contributed by atoms with Crippen LogP contribution < -0.4 is 10.5 Å². The van der Waals surface area contributed by atoms with Crippen LogP contribution in [0.3, 0.4) is 0 Å². The van der Waals surface area contributed by atoms with Crippen molar-refractivity contribution in [3.05, 3.63) is 39.9 Å². The highest BCUT2D eigenvalue weighted by atomic mass is 35.5. The summed E-state index contributed by atoms with van der Waals surface area (Å²) >= 11 is 17.3. The molecular formula is C10H7Cl3N4O2S. The molecule has 0 atom stereocenters. The second kappa shape index (κ2) is 5.61. The van der Waals surface area contributed by atoms with Crippen LogP contribution in [0.15, 0.2) is 29.4 Å². The molecule has 0 amide bonds. The molecule has 0 saturated heterocycles. The third kappa shape index (κ3) is 3.06. The molecule has 106 valence electrons. The second-order valence-electron chi connectivity index (χ2n) is 3.62. The summed E-state index contributed by atoms with van der Waals surface area (Å²) in [5, 5.41) is 0.0223. The van der Waals surface area contributed by atoms with E-state index >= 15 is 0 Å². The van der Waals surface area contributed by atoms with Crippen LogP contribution in [0.1, 0.15) is 0 Å². The highest BCUT2D eigenvalue weighted by Crippen LogP contribution is 2.29. The molecule has 0 aliphatic carbocycles. The Morgan fingerprint density at radius 3 is 2.25 bits per heavy atom. The third-order valence-electron chi connectivity index (χ3n) is 2.27. The number of hydrogen-bond acceptors (Lipinski definition) is 5. The van der Waals surface area contributed by atoms with Crippen molar-refractivity contribution in [2.45, 2.75) is 4.90 Å². The third-order valence-corrected chi connectivity index (χ3v) is 4.53. The minimum Gasteiger partial charge on any atom is -0.397 e. The van der Waals surface area contributed by atoms with E-state index in [1.165, 1.54) is 18.2 Å². The van der Waals surface area contributed by atoms with E-state index in [1.54, 1.807) is 0 Å². The molecule has 0 radical (unpaired) electrons. The number of halogens is 3. The standard InChI is InChI=1S/C10H7Cl3N4O2S/c11-6-2-1-5(3-7(6)14)20(18,19)17-8-9(12)15-4-16-10(8)13/h1-4,17H,14H2. The summed E-state index contributed by atoms with van der Waals surface area (Å²) in [5.74, 6) is 0. The fourth-order valence-electron chi connectivity index (χ4n) is 1.31. The highest BCUT2D eigenvalue weighted by molar-refractivity contribution is 7.92. The quantitative estimate of drug-likeness (QED) is 0.653. The Labute approximate surface area is 129 Å². The van der Waals surface area contributed by atoms with Crippen molar-refractivity contribution in [1.29, 1.82) is 0 Å². The summed E-state index contributed by atoms with van der Waals surface area (Å²) in [6.07, 6.45) is 1.11. The first-order valence-corrected chi connectivity index (χ1v) is 7.67. The summed E-state index contributed by atoms with van der Waals surface area (Å²) < 4.78 is 26.6. The Kier molecular flexibility index (Phi) is 4.24. The maximum atomic E-state index is 12.2. The Hall–Kier alpha value is -1.28. The van der Waals surface area contributed by atoms with Gasteiger partial charge < -0.3 is 5.73 Å². The van der Waals surface area contributed by atoms with Crippen LogP contribution in [0.25, 0.3) is 0 Å². The topological polar surface area (TPSA) is 98.0 Å². The van der Waals surface area contributed by atoms with Gasteiger partial charge in [-0.15, -0.1) is 0 Å². The van der Waals surface area contributed by atoms with E-state index < -0.39 is 10.0 Å². The normalized spacial score (nSPS) is 11.3. The van der Waals surface area contributed by atoms with Gasteiger partial charge >= 0.3 is 0 Å².